The lowest BCUT2D eigenvalue weighted by atomic mass is 9.89. The molecule has 0 spiro atoms. The topological polar surface area (TPSA) is 92.3 Å². The summed E-state index contributed by atoms with van der Waals surface area (Å²) in [5, 5.41) is 5.47. The van der Waals surface area contributed by atoms with E-state index in [1.165, 1.54) is 23.5 Å². The van der Waals surface area contributed by atoms with Crippen LogP contribution in [0.1, 0.15) is 42.8 Å². The van der Waals surface area contributed by atoms with Crippen LogP contribution < -0.4 is 5.32 Å². The second-order valence-corrected chi connectivity index (χ2v) is 9.89. The van der Waals surface area contributed by atoms with E-state index in [0.29, 0.717) is 17.1 Å². The molecule has 32 heavy (non-hydrogen) atoms. The Balaban J connectivity index is 1.47. The lowest BCUT2D eigenvalue weighted by molar-refractivity contribution is -0.134. The van der Waals surface area contributed by atoms with Crippen LogP contribution in [0.2, 0.25) is 5.02 Å². The van der Waals surface area contributed by atoms with Crippen LogP contribution in [-0.4, -0.2) is 39.5 Å². The first kappa shape index (κ1) is 22.5. The highest BCUT2D eigenvalue weighted by molar-refractivity contribution is 7.17. The maximum Gasteiger partial charge on any atom is 0.261 e. The highest BCUT2D eigenvalue weighted by atomic mass is 35.5. The average molecular weight is 493 g/mol. The molecule has 0 aliphatic heterocycles. The number of amides is 2. The quantitative estimate of drug-likeness (QED) is 0.571. The van der Waals surface area contributed by atoms with Gasteiger partial charge in [-0.25, -0.2) is 14.4 Å². The van der Waals surface area contributed by atoms with Crippen molar-refractivity contribution in [3.05, 3.63) is 61.3 Å². The van der Waals surface area contributed by atoms with Gasteiger partial charge in [-0.1, -0.05) is 29.0 Å². The van der Waals surface area contributed by atoms with Crippen molar-refractivity contribution >= 4 is 57.0 Å². The zero-order valence-electron chi connectivity index (χ0n) is 17.1. The lowest BCUT2D eigenvalue weighted by Gasteiger charge is -2.25. The lowest BCUT2D eigenvalue weighted by Crippen LogP contribution is -2.36. The van der Waals surface area contributed by atoms with Crippen LogP contribution in [0.3, 0.4) is 0 Å². The fraction of sp³-hybridized carbons (Fsp3) is 0.286. The molecule has 0 fully saturated rings. The van der Waals surface area contributed by atoms with Gasteiger partial charge in [0, 0.05) is 25.3 Å². The van der Waals surface area contributed by atoms with Gasteiger partial charge >= 0.3 is 0 Å². The van der Waals surface area contributed by atoms with Crippen molar-refractivity contribution in [3.63, 3.8) is 0 Å². The summed E-state index contributed by atoms with van der Waals surface area (Å²) in [5.74, 6) is -2.41. The molecule has 166 valence electrons. The molecule has 1 atom stereocenters. The van der Waals surface area contributed by atoms with Gasteiger partial charge in [0.1, 0.15) is 5.82 Å². The van der Waals surface area contributed by atoms with Crippen LogP contribution in [0, 0.1) is 18.7 Å². The van der Waals surface area contributed by atoms with Crippen molar-refractivity contribution in [2.45, 2.75) is 26.3 Å². The van der Waals surface area contributed by atoms with Gasteiger partial charge in [0.25, 0.3) is 5.91 Å². The number of nitrogens with one attached hydrogen (secondary N) is 1. The fourth-order valence-corrected chi connectivity index (χ4v) is 5.34. The molecule has 1 aromatic carbocycles. The minimum atomic E-state index is -0.753. The van der Waals surface area contributed by atoms with E-state index >= 15 is 0 Å². The molecule has 4 rings (SSSR count). The Bertz CT molecular complexity index is 1210. The Morgan fingerprint density at radius 3 is 2.78 bits per heavy atom. The molecule has 0 radical (unpaired) electrons. The fourth-order valence-electron chi connectivity index (χ4n) is 3.55. The van der Waals surface area contributed by atoms with Gasteiger partial charge in [-0.2, -0.15) is 0 Å². The van der Waals surface area contributed by atoms with Gasteiger partial charge in [-0.05, 0) is 19.1 Å². The molecule has 3 aromatic rings. The molecule has 0 unspecified atom stereocenters. The molecule has 0 saturated heterocycles. The SMILES string of the molecule is Cc1nc(CN(C)C(=O)[C@@H]2CC(=O)c3sc(NC(=O)c4c(F)cccc4Cl)nc3C2)cs1. The van der Waals surface area contributed by atoms with E-state index in [1.54, 1.807) is 11.9 Å². The minimum Gasteiger partial charge on any atom is -0.340 e. The molecule has 2 amide bonds. The number of hydrogen-bond acceptors (Lipinski definition) is 7. The maximum absolute atomic E-state index is 14.0. The number of benzene rings is 1. The Kier molecular flexibility index (Phi) is 6.36. The number of aromatic nitrogens is 2. The summed E-state index contributed by atoms with van der Waals surface area (Å²) < 4.78 is 14.0. The summed E-state index contributed by atoms with van der Waals surface area (Å²) in [6.07, 6.45) is 0.355. The average Bonchev–Trinajstić information content (AvgIpc) is 3.32. The number of ketones is 1. The van der Waals surface area contributed by atoms with Crippen LogP contribution in [0.4, 0.5) is 9.52 Å². The third kappa shape index (κ3) is 4.57. The first-order valence-corrected chi connectivity index (χ1v) is 11.7. The highest BCUT2D eigenvalue weighted by Crippen LogP contribution is 2.33. The van der Waals surface area contributed by atoms with E-state index in [0.717, 1.165) is 28.1 Å². The van der Waals surface area contributed by atoms with Crippen LogP contribution in [-0.2, 0) is 17.8 Å². The second kappa shape index (κ2) is 9.05. The van der Waals surface area contributed by atoms with Gasteiger partial charge < -0.3 is 4.90 Å². The number of hydrogen-bond donors (Lipinski definition) is 1. The molecule has 0 saturated carbocycles. The van der Waals surface area contributed by atoms with Gasteiger partial charge in [-0.3, -0.25) is 19.7 Å². The summed E-state index contributed by atoms with van der Waals surface area (Å²) >= 11 is 8.47. The van der Waals surface area contributed by atoms with Gasteiger partial charge in [0.15, 0.2) is 10.9 Å². The van der Waals surface area contributed by atoms with Crippen LogP contribution in [0.5, 0.6) is 0 Å². The number of Topliss-reactive ketones (excluding diaryl/α,β-unsaturated/α-hetero) is 1. The summed E-state index contributed by atoms with van der Waals surface area (Å²) in [7, 11) is 1.68. The van der Waals surface area contributed by atoms with E-state index in [9.17, 15) is 18.8 Å². The molecule has 11 heteroatoms. The van der Waals surface area contributed by atoms with Crippen molar-refractivity contribution in [1.29, 1.82) is 0 Å². The molecular weight excluding hydrogens is 475 g/mol. The smallest absolute Gasteiger partial charge is 0.261 e. The predicted octanol–water partition coefficient (Wildman–Crippen LogP) is 4.36. The van der Waals surface area contributed by atoms with E-state index in [-0.39, 0.29) is 40.2 Å². The van der Waals surface area contributed by atoms with Crippen molar-refractivity contribution in [2.75, 3.05) is 12.4 Å². The third-order valence-electron chi connectivity index (χ3n) is 5.02. The summed E-state index contributed by atoms with van der Waals surface area (Å²) in [6.45, 7) is 2.26. The third-order valence-corrected chi connectivity index (χ3v) is 7.22. The Morgan fingerprint density at radius 1 is 1.31 bits per heavy atom. The van der Waals surface area contributed by atoms with Gasteiger partial charge in [0.05, 0.1) is 44.3 Å². The van der Waals surface area contributed by atoms with E-state index in [4.69, 9.17) is 11.6 Å². The molecule has 2 heterocycles. The summed E-state index contributed by atoms with van der Waals surface area (Å²) in [4.78, 5) is 48.7. The Morgan fingerprint density at radius 2 is 2.09 bits per heavy atom. The van der Waals surface area contributed by atoms with Crippen LogP contribution in [0.25, 0.3) is 0 Å². The molecule has 1 N–H and O–H groups in total. The zero-order valence-corrected chi connectivity index (χ0v) is 19.5. The molecular formula is C21H18ClFN4O3S2. The number of carbonyl (C=O) groups excluding carboxylic acids is 3. The first-order chi connectivity index (χ1) is 15.2. The molecule has 7 nitrogen and oxygen atoms in total. The standard InChI is InChI=1S/C21H18ClFN4O3S2/c1-10-24-12(9-31-10)8-27(2)20(30)11-6-15-18(16(28)7-11)32-21(25-15)26-19(29)17-13(22)4-3-5-14(17)23/h3-5,9,11H,6-8H2,1-2H3,(H,25,26,29)/t11-/m0/s1. The van der Waals surface area contributed by atoms with E-state index in [2.05, 4.69) is 15.3 Å². The maximum atomic E-state index is 14.0. The highest BCUT2D eigenvalue weighted by Gasteiger charge is 2.34. The normalized spacial score (nSPS) is 15.4. The van der Waals surface area contributed by atoms with Crippen molar-refractivity contribution in [3.8, 4) is 0 Å². The monoisotopic (exact) mass is 492 g/mol. The number of nitrogens with zero attached hydrogens (tertiary/aromatic N) is 3. The van der Waals surface area contributed by atoms with Crippen LogP contribution >= 0.6 is 34.3 Å². The largest absolute Gasteiger partial charge is 0.340 e. The zero-order chi connectivity index (χ0) is 23.0. The van der Waals surface area contributed by atoms with E-state index in [1.807, 2.05) is 12.3 Å². The molecule has 0 bridgehead atoms. The summed E-state index contributed by atoms with van der Waals surface area (Å²) in [6, 6.07) is 3.95. The van der Waals surface area contributed by atoms with Crippen LogP contribution in [0.15, 0.2) is 23.6 Å². The van der Waals surface area contributed by atoms with Crippen molar-refractivity contribution in [2.24, 2.45) is 5.92 Å². The number of rotatable bonds is 5. The summed E-state index contributed by atoms with van der Waals surface area (Å²) in [5.41, 5.74) is 0.967. The van der Waals surface area contributed by atoms with Gasteiger partial charge in [0.2, 0.25) is 5.91 Å². The van der Waals surface area contributed by atoms with Gasteiger partial charge in [-0.15, -0.1) is 11.3 Å². The van der Waals surface area contributed by atoms with Crippen molar-refractivity contribution in [1.82, 2.24) is 14.9 Å². The Hall–Kier alpha value is -2.69. The number of anilines is 1. The number of aryl methyl sites for hydroxylation is 1. The molecule has 2 aromatic heterocycles. The molecule has 1 aliphatic carbocycles. The van der Waals surface area contributed by atoms with E-state index < -0.39 is 17.6 Å². The number of fused-ring (bicyclic) bond motifs is 1. The number of halogens is 2. The number of carbonyl (C=O) groups is 3. The Labute approximate surface area is 196 Å². The predicted molar refractivity (Wildman–Crippen MR) is 121 cm³/mol. The molecule has 1 aliphatic rings. The van der Waals surface area contributed by atoms with Crippen molar-refractivity contribution < 1.29 is 18.8 Å². The number of thiazole rings is 2. The minimum absolute atomic E-state index is 0.0242. The first-order valence-electron chi connectivity index (χ1n) is 9.67. The second-order valence-electron chi connectivity index (χ2n) is 7.43.